The molecule has 0 fully saturated rings. The Kier molecular flexibility index (Phi) is 3.40. The number of halogens is 2. The molecule has 0 atom stereocenters. The number of fused-ring (bicyclic) bond motifs is 1. The van der Waals surface area contributed by atoms with E-state index < -0.39 is 0 Å². The highest BCUT2D eigenvalue weighted by Crippen LogP contribution is 2.26. The summed E-state index contributed by atoms with van der Waals surface area (Å²) in [4.78, 5) is 4.24. The van der Waals surface area contributed by atoms with Gasteiger partial charge in [-0.05, 0) is 21.5 Å². The zero-order valence-corrected chi connectivity index (χ0v) is 12.1. The molecule has 0 N–H and O–H groups in total. The zero-order valence-electron chi connectivity index (χ0n) is 9.75. The molecule has 0 saturated carbocycles. The number of ether oxygens (including phenoxy) is 1. The van der Waals surface area contributed by atoms with Crippen molar-refractivity contribution in [3.05, 3.63) is 57.9 Å². The second-order valence-corrected chi connectivity index (χ2v) is 5.14. The molecule has 19 heavy (non-hydrogen) atoms. The summed E-state index contributed by atoms with van der Waals surface area (Å²) in [6.45, 7) is 0.441. The van der Waals surface area contributed by atoms with Crippen LogP contribution in [0.2, 0.25) is 5.15 Å². The quantitative estimate of drug-likeness (QED) is 0.683. The predicted molar refractivity (Wildman–Crippen MR) is 76.5 cm³/mol. The summed E-state index contributed by atoms with van der Waals surface area (Å²) in [6, 6.07) is 9.87. The van der Waals surface area contributed by atoms with E-state index in [4.69, 9.17) is 16.3 Å². The first-order valence-corrected chi connectivity index (χ1v) is 6.77. The van der Waals surface area contributed by atoms with Gasteiger partial charge in [0.25, 0.3) is 0 Å². The van der Waals surface area contributed by atoms with Crippen LogP contribution in [-0.2, 0) is 6.61 Å². The summed E-state index contributed by atoms with van der Waals surface area (Å²) < 4.78 is 8.09. The van der Waals surface area contributed by atoms with Crippen molar-refractivity contribution in [1.82, 2.24) is 14.6 Å². The van der Waals surface area contributed by atoms with E-state index in [1.807, 2.05) is 30.3 Å². The van der Waals surface area contributed by atoms with Crippen LogP contribution in [0.25, 0.3) is 5.65 Å². The second-order valence-electron chi connectivity index (χ2n) is 3.93. The molecule has 6 heteroatoms. The van der Waals surface area contributed by atoms with E-state index in [1.165, 1.54) is 0 Å². The monoisotopic (exact) mass is 337 g/mol. The van der Waals surface area contributed by atoms with Gasteiger partial charge in [0.05, 0.1) is 16.9 Å². The second kappa shape index (κ2) is 5.19. The van der Waals surface area contributed by atoms with E-state index in [1.54, 1.807) is 16.9 Å². The molecule has 0 spiro atoms. The molecule has 0 bridgehead atoms. The van der Waals surface area contributed by atoms with Gasteiger partial charge in [0.15, 0.2) is 16.5 Å². The minimum atomic E-state index is 0.324. The Morgan fingerprint density at radius 1 is 1.26 bits per heavy atom. The van der Waals surface area contributed by atoms with Crippen LogP contribution in [0, 0.1) is 0 Å². The number of rotatable bonds is 3. The summed E-state index contributed by atoms with van der Waals surface area (Å²) in [5.74, 6) is 0.508. The van der Waals surface area contributed by atoms with Gasteiger partial charge in [-0.1, -0.05) is 41.9 Å². The van der Waals surface area contributed by atoms with Crippen molar-refractivity contribution >= 4 is 33.2 Å². The fraction of sp³-hybridized carbons (Fsp3) is 0.0769. The minimum Gasteiger partial charge on any atom is -0.484 e. The lowest BCUT2D eigenvalue weighted by molar-refractivity contribution is 0.303. The molecule has 0 amide bonds. The van der Waals surface area contributed by atoms with Crippen LogP contribution in [0.3, 0.4) is 0 Å². The zero-order chi connectivity index (χ0) is 13.2. The van der Waals surface area contributed by atoms with Crippen LogP contribution in [0.5, 0.6) is 5.75 Å². The molecular formula is C13H9BrClN3O. The third-order valence-corrected chi connectivity index (χ3v) is 3.44. The predicted octanol–water partition coefficient (Wildman–Crippen LogP) is 3.72. The molecule has 2 aromatic heterocycles. The molecule has 1 aromatic carbocycles. The lowest BCUT2D eigenvalue weighted by Crippen LogP contribution is -1.99. The first-order valence-electron chi connectivity index (χ1n) is 5.60. The average molecular weight is 339 g/mol. The normalized spacial score (nSPS) is 10.8. The first kappa shape index (κ1) is 12.4. The Balaban J connectivity index is 1.86. The van der Waals surface area contributed by atoms with Gasteiger partial charge in [0, 0.05) is 0 Å². The number of nitrogens with zero attached hydrogens (tertiary/aromatic N) is 3. The molecule has 4 nitrogen and oxygen atoms in total. The van der Waals surface area contributed by atoms with Crippen molar-refractivity contribution in [2.24, 2.45) is 0 Å². The van der Waals surface area contributed by atoms with E-state index in [0.29, 0.717) is 23.2 Å². The summed E-state index contributed by atoms with van der Waals surface area (Å²) in [7, 11) is 0. The van der Waals surface area contributed by atoms with Crippen LogP contribution in [0.4, 0.5) is 0 Å². The lowest BCUT2D eigenvalue weighted by Gasteiger charge is -2.07. The van der Waals surface area contributed by atoms with Gasteiger partial charge in [-0.15, -0.1) is 0 Å². The Labute approximate surface area is 123 Å². The van der Waals surface area contributed by atoms with Gasteiger partial charge in [0.1, 0.15) is 6.61 Å². The van der Waals surface area contributed by atoms with Crippen molar-refractivity contribution < 1.29 is 4.74 Å². The van der Waals surface area contributed by atoms with E-state index >= 15 is 0 Å². The highest BCUT2D eigenvalue weighted by atomic mass is 79.9. The Morgan fingerprint density at radius 2 is 2.05 bits per heavy atom. The molecule has 2 heterocycles. The smallest absolute Gasteiger partial charge is 0.175 e. The molecule has 96 valence electrons. The van der Waals surface area contributed by atoms with Gasteiger partial charge in [0.2, 0.25) is 0 Å². The van der Waals surface area contributed by atoms with Crippen molar-refractivity contribution in [2.75, 3.05) is 0 Å². The van der Waals surface area contributed by atoms with Crippen molar-refractivity contribution in [2.45, 2.75) is 6.61 Å². The van der Waals surface area contributed by atoms with Gasteiger partial charge in [-0.3, -0.25) is 0 Å². The van der Waals surface area contributed by atoms with E-state index in [2.05, 4.69) is 26.0 Å². The van der Waals surface area contributed by atoms with Gasteiger partial charge in [-0.25, -0.2) is 9.50 Å². The van der Waals surface area contributed by atoms with E-state index in [-0.39, 0.29) is 0 Å². The highest BCUT2D eigenvalue weighted by molar-refractivity contribution is 9.10. The summed E-state index contributed by atoms with van der Waals surface area (Å²) in [5.41, 5.74) is 1.73. The van der Waals surface area contributed by atoms with E-state index in [9.17, 15) is 0 Å². The summed E-state index contributed by atoms with van der Waals surface area (Å²) in [6.07, 6.45) is 3.39. The Bertz CT molecular complexity index is 714. The van der Waals surface area contributed by atoms with E-state index in [0.717, 1.165) is 10.0 Å². The number of benzene rings is 1. The molecular weight excluding hydrogens is 330 g/mol. The van der Waals surface area contributed by atoms with Gasteiger partial charge >= 0.3 is 0 Å². The third-order valence-electron chi connectivity index (χ3n) is 2.61. The van der Waals surface area contributed by atoms with Crippen LogP contribution >= 0.6 is 27.5 Å². The van der Waals surface area contributed by atoms with Crippen molar-refractivity contribution in [1.29, 1.82) is 0 Å². The minimum absolute atomic E-state index is 0.324. The van der Waals surface area contributed by atoms with Crippen molar-refractivity contribution in [3.8, 4) is 5.75 Å². The molecule has 3 aromatic rings. The summed E-state index contributed by atoms with van der Waals surface area (Å²) >= 11 is 9.46. The molecule has 0 radical (unpaired) electrons. The molecule has 3 rings (SSSR count). The Hall–Kier alpha value is -1.59. The first-order chi connectivity index (χ1) is 9.24. The molecule has 0 aliphatic rings. The molecule has 0 aliphatic heterocycles. The summed E-state index contributed by atoms with van der Waals surface area (Å²) in [5, 5.41) is 4.47. The molecule has 0 unspecified atom stereocenters. The maximum Gasteiger partial charge on any atom is 0.175 e. The number of hydrogen-bond acceptors (Lipinski definition) is 3. The lowest BCUT2D eigenvalue weighted by atomic mass is 10.2. The Morgan fingerprint density at radius 3 is 2.84 bits per heavy atom. The fourth-order valence-electron chi connectivity index (χ4n) is 1.68. The molecule has 0 aliphatic carbocycles. The molecule has 0 saturated heterocycles. The SMILES string of the molecule is Clc1nc2c(Br)cnn2cc1OCc1ccccc1. The van der Waals surface area contributed by atoms with Crippen LogP contribution < -0.4 is 4.74 Å². The van der Waals surface area contributed by atoms with Crippen LogP contribution in [-0.4, -0.2) is 14.6 Å². The van der Waals surface area contributed by atoms with Gasteiger partial charge < -0.3 is 4.74 Å². The standard InChI is InChI=1S/C13H9BrClN3O/c14-10-6-16-18-7-11(12(15)17-13(10)18)19-8-9-4-2-1-3-5-9/h1-7H,8H2. The largest absolute Gasteiger partial charge is 0.484 e. The topological polar surface area (TPSA) is 39.4 Å². The van der Waals surface area contributed by atoms with Gasteiger partial charge in [-0.2, -0.15) is 5.10 Å². The highest BCUT2D eigenvalue weighted by Gasteiger charge is 2.09. The van der Waals surface area contributed by atoms with Crippen LogP contribution in [0.1, 0.15) is 5.56 Å². The number of hydrogen-bond donors (Lipinski definition) is 0. The number of aromatic nitrogens is 3. The third kappa shape index (κ3) is 2.57. The van der Waals surface area contributed by atoms with Crippen LogP contribution in [0.15, 0.2) is 47.2 Å². The maximum absolute atomic E-state index is 6.10. The van der Waals surface area contributed by atoms with Crippen molar-refractivity contribution in [3.63, 3.8) is 0 Å². The maximum atomic E-state index is 6.10. The fourth-order valence-corrected chi connectivity index (χ4v) is 2.22. The average Bonchev–Trinajstić information content (AvgIpc) is 2.78.